The molecule has 1 fully saturated rings. The molecule has 0 radical (unpaired) electrons. The predicted molar refractivity (Wildman–Crippen MR) is 70.1 cm³/mol. The Labute approximate surface area is 109 Å². The van der Waals surface area contributed by atoms with Crippen LogP contribution in [-0.4, -0.2) is 54.4 Å². The molecular weight excluding hydrogens is 232 g/mol. The number of piperidine rings is 1. The molecular formula is C13H26N2O3. The second kappa shape index (κ2) is 7.71. The summed E-state index contributed by atoms with van der Waals surface area (Å²) in [5.41, 5.74) is 6.01. The topological polar surface area (TPSA) is 75.8 Å². The monoisotopic (exact) mass is 258 g/mol. The Morgan fingerprint density at radius 2 is 2.22 bits per heavy atom. The van der Waals surface area contributed by atoms with Crippen LogP contribution in [0.15, 0.2) is 0 Å². The van der Waals surface area contributed by atoms with Gasteiger partial charge in [-0.15, -0.1) is 0 Å². The second-order valence-electron chi connectivity index (χ2n) is 5.16. The minimum Gasteiger partial charge on any atom is -0.465 e. The largest absolute Gasteiger partial charge is 0.465 e. The summed E-state index contributed by atoms with van der Waals surface area (Å²) in [5.74, 6) is 0.180. The molecule has 3 atom stereocenters. The minimum atomic E-state index is -0.259. The predicted octanol–water partition coefficient (Wildman–Crippen LogP) is 0.360. The molecule has 0 aromatic heterocycles. The summed E-state index contributed by atoms with van der Waals surface area (Å²) in [5, 5.41) is 9.70. The number of rotatable bonds is 6. The van der Waals surface area contributed by atoms with Gasteiger partial charge in [-0.25, -0.2) is 0 Å². The maximum Gasteiger partial charge on any atom is 0.320 e. The molecule has 0 aliphatic carbocycles. The number of carbonyl (C=O) groups is 1. The Hall–Kier alpha value is -0.650. The summed E-state index contributed by atoms with van der Waals surface area (Å²) in [6.07, 6.45) is 2.20. The molecule has 0 amide bonds. The van der Waals surface area contributed by atoms with Gasteiger partial charge in [-0.3, -0.25) is 9.69 Å². The number of esters is 1. The number of nitrogens with zero attached hydrogens (tertiary/aromatic N) is 1. The average Bonchev–Trinajstić information content (AvgIpc) is 2.28. The zero-order valence-electron chi connectivity index (χ0n) is 11.5. The Balaban J connectivity index is 2.42. The molecule has 0 spiro atoms. The van der Waals surface area contributed by atoms with Gasteiger partial charge in [-0.2, -0.15) is 0 Å². The number of aliphatic hydroxyl groups is 1. The highest BCUT2D eigenvalue weighted by molar-refractivity contribution is 5.71. The third kappa shape index (κ3) is 5.33. The maximum absolute atomic E-state index is 11.4. The Bertz CT molecular complexity index is 261. The first-order valence-electron chi connectivity index (χ1n) is 6.86. The lowest BCUT2D eigenvalue weighted by Gasteiger charge is -2.36. The highest BCUT2D eigenvalue weighted by Gasteiger charge is 2.27. The van der Waals surface area contributed by atoms with Crippen LogP contribution in [0.4, 0.5) is 0 Å². The van der Waals surface area contributed by atoms with Crippen LogP contribution in [0.1, 0.15) is 33.1 Å². The number of hydrogen-bond donors (Lipinski definition) is 2. The van der Waals surface area contributed by atoms with Crippen molar-refractivity contribution in [1.82, 2.24) is 4.90 Å². The van der Waals surface area contributed by atoms with Crippen molar-refractivity contribution in [3.05, 3.63) is 0 Å². The molecule has 1 saturated heterocycles. The molecule has 1 aliphatic rings. The van der Waals surface area contributed by atoms with Crippen molar-refractivity contribution in [3.8, 4) is 0 Å². The molecule has 1 heterocycles. The Morgan fingerprint density at radius 1 is 1.50 bits per heavy atom. The van der Waals surface area contributed by atoms with E-state index in [4.69, 9.17) is 10.5 Å². The lowest BCUT2D eigenvalue weighted by Crippen LogP contribution is -2.49. The normalized spacial score (nSPS) is 26.9. The van der Waals surface area contributed by atoms with E-state index in [2.05, 4.69) is 0 Å². The molecule has 5 heteroatoms. The van der Waals surface area contributed by atoms with Gasteiger partial charge in [0.05, 0.1) is 19.3 Å². The quantitative estimate of drug-likeness (QED) is 0.673. The van der Waals surface area contributed by atoms with Crippen LogP contribution in [0, 0.1) is 5.92 Å². The van der Waals surface area contributed by atoms with Crippen LogP contribution in [0.5, 0.6) is 0 Å². The molecule has 0 saturated carbocycles. The highest BCUT2D eigenvalue weighted by atomic mass is 16.5. The zero-order valence-corrected chi connectivity index (χ0v) is 11.5. The van der Waals surface area contributed by atoms with Gasteiger partial charge in [0, 0.05) is 19.1 Å². The smallest absolute Gasteiger partial charge is 0.320 e. The van der Waals surface area contributed by atoms with Crippen LogP contribution < -0.4 is 5.73 Å². The van der Waals surface area contributed by atoms with Crippen LogP contribution in [0.2, 0.25) is 0 Å². The molecule has 1 rings (SSSR count). The van der Waals surface area contributed by atoms with Crippen molar-refractivity contribution in [1.29, 1.82) is 0 Å². The minimum absolute atomic E-state index is 0.0854. The van der Waals surface area contributed by atoms with Crippen LogP contribution in [0.3, 0.4) is 0 Å². The van der Waals surface area contributed by atoms with Crippen molar-refractivity contribution in [2.45, 2.75) is 45.3 Å². The second-order valence-corrected chi connectivity index (χ2v) is 5.16. The van der Waals surface area contributed by atoms with Gasteiger partial charge < -0.3 is 15.6 Å². The third-order valence-corrected chi connectivity index (χ3v) is 3.38. The van der Waals surface area contributed by atoms with Crippen molar-refractivity contribution in [2.75, 3.05) is 26.2 Å². The number of likely N-dealkylation sites (tertiary alicyclic amines) is 1. The molecule has 0 aromatic carbocycles. The van der Waals surface area contributed by atoms with Gasteiger partial charge in [0.2, 0.25) is 0 Å². The van der Waals surface area contributed by atoms with E-state index in [-0.39, 0.29) is 18.1 Å². The van der Waals surface area contributed by atoms with Gasteiger partial charge in [0.25, 0.3) is 0 Å². The maximum atomic E-state index is 11.4. The van der Waals surface area contributed by atoms with Crippen molar-refractivity contribution < 1.29 is 14.6 Å². The Kier molecular flexibility index (Phi) is 6.60. The molecule has 18 heavy (non-hydrogen) atoms. The fourth-order valence-corrected chi connectivity index (χ4v) is 2.59. The summed E-state index contributed by atoms with van der Waals surface area (Å²) in [6.45, 7) is 6.06. The molecule has 106 valence electrons. The molecule has 3 N–H and O–H groups in total. The summed E-state index contributed by atoms with van der Waals surface area (Å²) in [6, 6.07) is 0.0854. The molecule has 0 aromatic rings. The standard InChI is InChI=1S/C13H26N2O3/c1-3-12(16)6-10-5-11(14)8-15(7-10)9-13(17)18-4-2/h10-12,16H,3-9,14H2,1-2H3. The van der Waals surface area contributed by atoms with E-state index in [0.29, 0.717) is 19.1 Å². The van der Waals surface area contributed by atoms with E-state index in [9.17, 15) is 9.90 Å². The average molecular weight is 258 g/mol. The van der Waals surface area contributed by atoms with Gasteiger partial charge >= 0.3 is 5.97 Å². The van der Waals surface area contributed by atoms with Gasteiger partial charge in [0.1, 0.15) is 0 Å². The Morgan fingerprint density at radius 3 is 2.83 bits per heavy atom. The summed E-state index contributed by atoms with van der Waals surface area (Å²) in [7, 11) is 0. The summed E-state index contributed by atoms with van der Waals surface area (Å²) in [4.78, 5) is 13.5. The van der Waals surface area contributed by atoms with Crippen LogP contribution >= 0.6 is 0 Å². The first-order valence-corrected chi connectivity index (χ1v) is 6.86. The van der Waals surface area contributed by atoms with Gasteiger partial charge in [-0.05, 0) is 32.1 Å². The van der Waals surface area contributed by atoms with E-state index < -0.39 is 0 Å². The first kappa shape index (κ1) is 15.4. The van der Waals surface area contributed by atoms with Crippen molar-refractivity contribution >= 4 is 5.97 Å². The van der Waals surface area contributed by atoms with Gasteiger partial charge in [0.15, 0.2) is 0 Å². The number of nitrogens with two attached hydrogens (primary N) is 1. The summed E-state index contributed by atoms with van der Waals surface area (Å²) >= 11 is 0. The van der Waals surface area contributed by atoms with Gasteiger partial charge in [-0.1, -0.05) is 6.92 Å². The van der Waals surface area contributed by atoms with E-state index >= 15 is 0 Å². The molecule has 5 nitrogen and oxygen atoms in total. The molecule has 1 aliphatic heterocycles. The van der Waals surface area contributed by atoms with E-state index in [1.54, 1.807) is 6.92 Å². The lowest BCUT2D eigenvalue weighted by molar-refractivity contribution is -0.145. The fraction of sp³-hybridized carbons (Fsp3) is 0.923. The molecule has 0 bridgehead atoms. The fourth-order valence-electron chi connectivity index (χ4n) is 2.59. The number of ether oxygens (including phenoxy) is 1. The van der Waals surface area contributed by atoms with E-state index in [1.807, 2.05) is 11.8 Å². The summed E-state index contributed by atoms with van der Waals surface area (Å²) < 4.78 is 4.95. The van der Waals surface area contributed by atoms with Crippen LogP contribution in [-0.2, 0) is 9.53 Å². The zero-order chi connectivity index (χ0) is 13.5. The van der Waals surface area contributed by atoms with E-state index in [0.717, 1.165) is 32.4 Å². The number of carbonyl (C=O) groups excluding carboxylic acids is 1. The molecule has 3 unspecified atom stereocenters. The first-order chi connectivity index (χ1) is 8.55. The third-order valence-electron chi connectivity index (χ3n) is 3.38. The number of hydrogen-bond acceptors (Lipinski definition) is 5. The SMILES string of the molecule is CCOC(=O)CN1CC(N)CC(CC(O)CC)C1. The van der Waals surface area contributed by atoms with Crippen LogP contribution in [0.25, 0.3) is 0 Å². The van der Waals surface area contributed by atoms with E-state index in [1.165, 1.54) is 0 Å². The van der Waals surface area contributed by atoms with Crippen molar-refractivity contribution in [2.24, 2.45) is 11.7 Å². The van der Waals surface area contributed by atoms with Crippen molar-refractivity contribution in [3.63, 3.8) is 0 Å². The number of aliphatic hydroxyl groups excluding tert-OH is 1. The highest BCUT2D eigenvalue weighted by Crippen LogP contribution is 2.21. The lowest BCUT2D eigenvalue weighted by atomic mass is 9.89.